The molecule has 0 radical (unpaired) electrons. The second kappa shape index (κ2) is 6.70. The van der Waals surface area contributed by atoms with Crippen LogP contribution in [-0.4, -0.2) is 6.54 Å². The van der Waals surface area contributed by atoms with Crippen molar-refractivity contribution >= 4 is 22.9 Å². The summed E-state index contributed by atoms with van der Waals surface area (Å²) < 4.78 is 13.4. The summed E-state index contributed by atoms with van der Waals surface area (Å²) in [7, 11) is 0. The molecule has 20 heavy (non-hydrogen) atoms. The summed E-state index contributed by atoms with van der Waals surface area (Å²) in [6.45, 7) is 7.44. The average molecular weight is 312 g/mol. The number of benzene rings is 1. The van der Waals surface area contributed by atoms with Crippen LogP contribution >= 0.6 is 22.9 Å². The molecule has 0 amide bonds. The Balaban J connectivity index is 2.32. The van der Waals surface area contributed by atoms with E-state index in [9.17, 15) is 4.39 Å². The Morgan fingerprint density at radius 1 is 1.25 bits per heavy atom. The van der Waals surface area contributed by atoms with E-state index in [1.807, 2.05) is 6.07 Å². The van der Waals surface area contributed by atoms with Crippen LogP contribution in [0.1, 0.15) is 31.7 Å². The van der Waals surface area contributed by atoms with Crippen molar-refractivity contribution in [2.45, 2.75) is 26.8 Å². The Morgan fingerprint density at radius 2 is 2.00 bits per heavy atom. The van der Waals surface area contributed by atoms with Gasteiger partial charge in [0, 0.05) is 20.8 Å². The number of halogens is 2. The molecular formula is C16H19ClFNS. The third-order valence-corrected chi connectivity index (χ3v) is 4.61. The molecule has 0 spiro atoms. The zero-order valence-corrected chi connectivity index (χ0v) is 13.5. The van der Waals surface area contributed by atoms with E-state index in [2.05, 4.69) is 32.2 Å². The molecule has 0 bridgehead atoms. The number of hydrogen-bond donors (Lipinski definition) is 1. The van der Waals surface area contributed by atoms with E-state index in [0.717, 1.165) is 17.0 Å². The van der Waals surface area contributed by atoms with Gasteiger partial charge in [0.1, 0.15) is 5.82 Å². The lowest BCUT2D eigenvalue weighted by Crippen LogP contribution is -2.24. The fraction of sp³-hybridized carbons (Fsp3) is 0.375. The van der Waals surface area contributed by atoms with Crippen molar-refractivity contribution in [2.24, 2.45) is 5.92 Å². The topological polar surface area (TPSA) is 12.0 Å². The predicted molar refractivity (Wildman–Crippen MR) is 86.0 cm³/mol. The quantitative estimate of drug-likeness (QED) is 0.767. The molecule has 1 N–H and O–H groups in total. The molecule has 0 fully saturated rings. The Morgan fingerprint density at radius 3 is 2.60 bits per heavy atom. The molecule has 1 nitrogen and oxygen atoms in total. The van der Waals surface area contributed by atoms with E-state index < -0.39 is 0 Å². The Labute approximate surface area is 128 Å². The van der Waals surface area contributed by atoms with Crippen molar-refractivity contribution in [3.8, 4) is 10.4 Å². The molecule has 0 aliphatic carbocycles. The fourth-order valence-electron chi connectivity index (χ4n) is 2.26. The number of hydrogen-bond acceptors (Lipinski definition) is 2. The van der Waals surface area contributed by atoms with Crippen LogP contribution in [-0.2, 0) is 0 Å². The van der Waals surface area contributed by atoms with Crippen molar-refractivity contribution in [1.82, 2.24) is 5.32 Å². The molecule has 2 rings (SSSR count). The molecular weight excluding hydrogens is 293 g/mol. The zero-order chi connectivity index (χ0) is 14.7. The smallest absolute Gasteiger partial charge is 0.125 e. The highest BCUT2D eigenvalue weighted by Gasteiger charge is 2.17. The van der Waals surface area contributed by atoms with Gasteiger partial charge in [-0.1, -0.05) is 32.4 Å². The van der Waals surface area contributed by atoms with Crippen LogP contribution in [0.5, 0.6) is 0 Å². The maximum absolute atomic E-state index is 13.4. The number of thiophene rings is 1. The van der Waals surface area contributed by atoms with Crippen molar-refractivity contribution in [3.63, 3.8) is 0 Å². The van der Waals surface area contributed by atoms with Crippen molar-refractivity contribution in [1.29, 1.82) is 0 Å². The van der Waals surface area contributed by atoms with Gasteiger partial charge < -0.3 is 5.32 Å². The lowest BCUT2D eigenvalue weighted by molar-refractivity contribution is 0.428. The lowest BCUT2D eigenvalue weighted by Gasteiger charge is -2.20. The van der Waals surface area contributed by atoms with Crippen LogP contribution < -0.4 is 5.32 Å². The summed E-state index contributed by atoms with van der Waals surface area (Å²) in [5.74, 6) is 0.215. The summed E-state index contributed by atoms with van der Waals surface area (Å²) in [5, 5.41) is 3.93. The van der Waals surface area contributed by atoms with Gasteiger partial charge in [-0.25, -0.2) is 4.39 Å². The first-order valence-electron chi connectivity index (χ1n) is 6.80. The SMILES string of the molecule is CCNC(c1ccc(-c2cc(F)cc(Cl)c2)s1)C(C)C. The Bertz CT molecular complexity index is 559. The molecule has 4 heteroatoms. The van der Waals surface area contributed by atoms with Gasteiger partial charge in [-0.05, 0) is 48.4 Å². The van der Waals surface area contributed by atoms with Crippen LogP contribution in [0.2, 0.25) is 5.02 Å². The van der Waals surface area contributed by atoms with E-state index in [0.29, 0.717) is 17.0 Å². The van der Waals surface area contributed by atoms with Crippen LogP contribution in [0.4, 0.5) is 4.39 Å². The van der Waals surface area contributed by atoms with Gasteiger partial charge in [-0.3, -0.25) is 0 Å². The van der Waals surface area contributed by atoms with Crippen LogP contribution in [0.3, 0.4) is 0 Å². The average Bonchev–Trinajstić information content (AvgIpc) is 2.83. The molecule has 1 aromatic carbocycles. The van der Waals surface area contributed by atoms with Gasteiger partial charge in [0.2, 0.25) is 0 Å². The first kappa shape index (κ1) is 15.5. The van der Waals surface area contributed by atoms with Gasteiger partial charge in [-0.15, -0.1) is 11.3 Å². The molecule has 0 aliphatic heterocycles. The second-order valence-corrected chi connectivity index (χ2v) is 6.69. The molecule has 0 aliphatic rings. The highest BCUT2D eigenvalue weighted by molar-refractivity contribution is 7.15. The molecule has 2 aromatic rings. The van der Waals surface area contributed by atoms with E-state index >= 15 is 0 Å². The molecule has 1 atom stereocenters. The fourth-order valence-corrected chi connectivity index (χ4v) is 3.72. The Kier molecular flexibility index (Phi) is 5.19. The van der Waals surface area contributed by atoms with Crippen molar-refractivity contribution < 1.29 is 4.39 Å². The highest BCUT2D eigenvalue weighted by atomic mass is 35.5. The summed E-state index contributed by atoms with van der Waals surface area (Å²) in [5.41, 5.74) is 0.838. The van der Waals surface area contributed by atoms with Gasteiger partial charge in [-0.2, -0.15) is 0 Å². The third kappa shape index (κ3) is 3.60. The van der Waals surface area contributed by atoms with Gasteiger partial charge >= 0.3 is 0 Å². The molecule has 0 saturated carbocycles. The minimum Gasteiger partial charge on any atom is -0.309 e. The zero-order valence-electron chi connectivity index (χ0n) is 11.9. The molecule has 1 unspecified atom stereocenters. The first-order valence-corrected chi connectivity index (χ1v) is 8.00. The Hall–Kier alpha value is -0.900. The van der Waals surface area contributed by atoms with Crippen molar-refractivity contribution in [3.05, 3.63) is 46.0 Å². The van der Waals surface area contributed by atoms with Gasteiger partial charge in [0.15, 0.2) is 0 Å². The maximum atomic E-state index is 13.4. The summed E-state index contributed by atoms with van der Waals surface area (Å²) >= 11 is 7.61. The molecule has 0 saturated heterocycles. The maximum Gasteiger partial charge on any atom is 0.125 e. The summed E-state index contributed by atoms with van der Waals surface area (Å²) in [6.07, 6.45) is 0. The van der Waals surface area contributed by atoms with Gasteiger partial charge in [0.25, 0.3) is 0 Å². The first-order chi connectivity index (χ1) is 9.51. The van der Waals surface area contributed by atoms with E-state index in [1.165, 1.54) is 17.0 Å². The van der Waals surface area contributed by atoms with Crippen LogP contribution in [0.25, 0.3) is 10.4 Å². The standard InChI is InChI=1S/C16H19ClFNS/c1-4-19-16(10(2)3)15-6-5-14(20-15)11-7-12(17)9-13(18)8-11/h5-10,16,19H,4H2,1-3H3. The number of rotatable bonds is 5. The summed E-state index contributed by atoms with van der Waals surface area (Å²) in [6, 6.07) is 9.15. The molecule has 108 valence electrons. The number of nitrogens with one attached hydrogen (secondary N) is 1. The van der Waals surface area contributed by atoms with Crippen molar-refractivity contribution in [2.75, 3.05) is 6.54 Å². The second-order valence-electron chi connectivity index (χ2n) is 5.14. The molecule has 1 aromatic heterocycles. The van der Waals surface area contributed by atoms with Crippen LogP contribution in [0.15, 0.2) is 30.3 Å². The van der Waals surface area contributed by atoms with E-state index in [1.54, 1.807) is 17.4 Å². The monoisotopic (exact) mass is 311 g/mol. The third-order valence-electron chi connectivity index (χ3n) is 3.17. The normalized spacial score (nSPS) is 12.9. The highest BCUT2D eigenvalue weighted by Crippen LogP contribution is 2.35. The lowest BCUT2D eigenvalue weighted by atomic mass is 10.0. The largest absolute Gasteiger partial charge is 0.309 e. The predicted octanol–water partition coefficient (Wildman–Crippen LogP) is 5.51. The molecule has 1 heterocycles. The minimum atomic E-state index is -0.297. The minimum absolute atomic E-state index is 0.297. The van der Waals surface area contributed by atoms with Crippen LogP contribution in [0, 0.1) is 11.7 Å². The van der Waals surface area contributed by atoms with Gasteiger partial charge in [0.05, 0.1) is 0 Å². The van der Waals surface area contributed by atoms with E-state index in [4.69, 9.17) is 11.6 Å². The summed E-state index contributed by atoms with van der Waals surface area (Å²) in [4.78, 5) is 2.32. The van der Waals surface area contributed by atoms with E-state index in [-0.39, 0.29) is 5.82 Å².